The highest BCUT2D eigenvalue weighted by Crippen LogP contribution is 2.31. The summed E-state index contributed by atoms with van der Waals surface area (Å²) >= 11 is 0. The van der Waals surface area contributed by atoms with Gasteiger partial charge in [0.2, 0.25) is 5.91 Å². The molecule has 1 saturated heterocycles. The van der Waals surface area contributed by atoms with Crippen molar-refractivity contribution in [1.82, 2.24) is 9.80 Å². The van der Waals surface area contributed by atoms with Crippen molar-refractivity contribution >= 4 is 11.8 Å². The maximum absolute atomic E-state index is 12.5. The normalized spacial score (nSPS) is 19.9. The molecule has 2 fully saturated rings. The Morgan fingerprint density at radius 3 is 2.46 bits per heavy atom. The van der Waals surface area contributed by atoms with E-state index in [1.807, 2.05) is 4.90 Å². The molecule has 0 atom stereocenters. The third kappa shape index (κ3) is 4.11. The minimum atomic E-state index is -0.533. The molecule has 6 heteroatoms. The van der Waals surface area contributed by atoms with Crippen LogP contribution in [0.4, 0.5) is 0 Å². The van der Waals surface area contributed by atoms with Gasteiger partial charge in [-0.3, -0.25) is 14.5 Å². The molecule has 26 heavy (non-hydrogen) atoms. The number of hydrogen-bond acceptors (Lipinski definition) is 4. The quantitative estimate of drug-likeness (QED) is 0.894. The molecule has 0 unspecified atom stereocenters. The summed E-state index contributed by atoms with van der Waals surface area (Å²) in [5.74, 6) is 1.11. The van der Waals surface area contributed by atoms with Crippen LogP contribution in [-0.4, -0.2) is 47.8 Å². The van der Waals surface area contributed by atoms with Crippen LogP contribution in [0.1, 0.15) is 68.3 Å². The highest BCUT2D eigenvalue weighted by atomic mass is 16.4. The van der Waals surface area contributed by atoms with Gasteiger partial charge in [-0.05, 0) is 25.3 Å². The lowest BCUT2D eigenvalue weighted by atomic mass is 9.84. The van der Waals surface area contributed by atoms with Crippen molar-refractivity contribution in [3.05, 3.63) is 23.2 Å². The molecule has 0 aromatic carbocycles. The fourth-order valence-electron chi connectivity index (χ4n) is 3.81. The van der Waals surface area contributed by atoms with Gasteiger partial charge in [0.05, 0.1) is 0 Å². The molecule has 2 N–H and O–H groups in total. The number of furan rings is 1. The topological polar surface area (TPSA) is 79.8 Å². The lowest BCUT2D eigenvalue weighted by Gasteiger charge is -2.31. The minimum absolute atomic E-state index is 0.193. The molecule has 0 spiro atoms. The number of amides is 2. The van der Waals surface area contributed by atoms with E-state index in [0.717, 1.165) is 63.3 Å². The first-order chi connectivity index (χ1) is 12.3. The molecule has 2 amide bonds. The highest BCUT2D eigenvalue weighted by Gasteiger charge is 2.31. The third-order valence-corrected chi connectivity index (χ3v) is 5.48. The number of hydrogen-bond donors (Lipinski definition) is 1. The maximum Gasteiger partial charge on any atom is 0.284 e. The summed E-state index contributed by atoms with van der Waals surface area (Å²) in [6, 6.07) is 1.78. The van der Waals surface area contributed by atoms with Crippen LogP contribution in [0.25, 0.3) is 0 Å². The Morgan fingerprint density at radius 1 is 1.15 bits per heavy atom. The summed E-state index contributed by atoms with van der Waals surface area (Å²) in [5.41, 5.74) is 6.23. The second kappa shape index (κ2) is 7.43. The van der Waals surface area contributed by atoms with E-state index in [0.29, 0.717) is 5.91 Å². The van der Waals surface area contributed by atoms with Crippen LogP contribution in [0, 0.1) is 5.92 Å². The lowest BCUT2D eigenvalue weighted by Crippen LogP contribution is -2.41. The molecular formula is C20H31N3O3. The van der Waals surface area contributed by atoms with Crippen LogP contribution in [0.15, 0.2) is 10.5 Å². The number of nitrogens with two attached hydrogens (primary N) is 1. The summed E-state index contributed by atoms with van der Waals surface area (Å²) in [7, 11) is 0. The molecule has 1 aromatic heterocycles. The van der Waals surface area contributed by atoms with Crippen LogP contribution in [0.3, 0.4) is 0 Å². The van der Waals surface area contributed by atoms with Crippen LogP contribution < -0.4 is 5.73 Å². The molecule has 2 aliphatic rings. The average Bonchev–Trinajstić information content (AvgIpc) is 2.79. The summed E-state index contributed by atoms with van der Waals surface area (Å²) in [6.07, 6.45) is 4.27. The van der Waals surface area contributed by atoms with Crippen molar-refractivity contribution in [2.75, 3.05) is 26.2 Å². The predicted octanol–water partition coefficient (Wildman–Crippen LogP) is 2.51. The first kappa shape index (κ1) is 19.0. The summed E-state index contributed by atoms with van der Waals surface area (Å²) in [5, 5.41) is 0. The second-order valence-corrected chi connectivity index (χ2v) is 8.66. The van der Waals surface area contributed by atoms with Crippen LogP contribution in [0.5, 0.6) is 0 Å². The molecule has 0 bridgehead atoms. The van der Waals surface area contributed by atoms with Crippen LogP contribution in [0.2, 0.25) is 0 Å². The first-order valence-corrected chi connectivity index (χ1v) is 9.70. The Hall–Kier alpha value is -1.82. The lowest BCUT2D eigenvalue weighted by molar-refractivity contribution is -0.138. The zero-order valence-electron chi connectivity index (χ0n) is 16.2. The Balaban J connectivity index is 1.67. The molecule has 3 rings (SSSR count). The van der Waals surface area contributed by atoms with Gasteiger partial charge in [0, 0.05) is 49.6 Å². The third-order valence-electron chi connectivity index (χ3n) is 5.48. The fraction of sp³-hybridized carbons (Fsp3) is 0.700. The molecule has 144 valence electrons. The summed E-state index contributed by atoms with van der Waals surface area (Å²) in [6.45, 7) is 10.3. The van der Waals surface area contributed by atoms with Gasteiger partial charge in [0.1, 0.15) is 5.76 Å². The minimum Gasteiger partial charge on any atom is -0.455 e. The number of primary amides is 1. The highest BCUT2D eigenvalue weighted by molar-refractivity contribution is 5.90. The van der Waals surface area contributed by atoms with Gasteiger partial charge in [-0.25, -0.2) is 0 Å². The van der Waals surface area contributed by atoms with Gasteiger partial charge < -0.3 is 15.1 Å². The van der Waals surface area contributed by atoms with E-state index in [1.54, 1.807) is 6.07 Å². The Bertz CT molecular complexity index is 670. The molecule has 1 saturated carbocycles. The van der Waals surface area contributed by atoms with Gasteiger partial charge in [0.15, 0.2) is 5.76 Å². The summed E-state index contributed by atoms with van der Waals surface area (Å²) < 4.78 is 5.76. The van der Waals surface area contributed by atoms with Crippen molar-refractivity contribution in [2.45, 2.75) is 58.4 Å². The van der Waals surface area contributed by atoms with Crippen molar-refractivity contribution < 1.29 is 14.0 Å². The first-order valence-electron chi connectivity index (χ1n) is 9.70. The maximum atomic E-state index is 12.5. The zero-order valence-corrected chi connectivity index (χ0v) is 16.2. The SMILES string of the molecule is CC(C)(C)c1oc(C(N)=O)cc1CN1CCCN(C(=O)C2CCC2)CC1. The van der Waals surface area contributed by atoms with E-state index in [4.69, 9.17) is 10.2 Å². The van der Waals surface area contributed by atoms with Crippen molar-refractivity contribution in [1.29, 1.82) is 0 Å². The number of nitrogens with zero attached hydrogens (tertiary/aromatic N) is 2. The van der Waals surface area contributed by atoms with Crippen molar-refractivity contribution in [3.8, 4) is 0 Å². The number of rotatable bonds is 4. The van der Waals surface area contributed by atoms with Crippen molar-refractivity contribution in [3.63, 3.8) is 0 Å². The Morgan fingerprint density at radius 2 is 1.88 bits per heavy atom. The van der Waals surface area contributed by atoms with E-state index in [2.05, 4.69) is 25.7 Å². The van der Waals surface area contributed by atoms with Gasteiger partial charge in [-0.2, -0.15) is 0 Å². The van der Waals surface area contributed by atoms with Crippen LogP contribution >= 0.6 is 0 Å². The van der Waals surface area contributed by atoms with Gasteiger partial charge in [0.25, 0.3) is 5.91 Å². The zero-order chi connectivity index (χ0) is 18.9. The largest absolute Gasteiger partial charge is 0.455 e. The molecule has 6 nitrogen and oxygen atoms in total. The van der Waals surface area contributed by atoms with E-state index < -0.39 is 5.91 Å². The predicted molar refractivity (Wildman–Crippen MR) is 99.7 cm³/mol. The van der Waals surface area contributed by atoms with E-state index in [1.165, 1.54) is 6.42 Å². The van der Waals surface area contributed by atoms with Gasteiger partial charge >= 0.3 is 0 Å². The summed E-state index contributed by atoms with van der Waals surface area (Å²) in [4.78, 5) is 28.4. The van der Waals surface area contributed by atoms with E-state index in [-0.39, 0.29) is 17.1 Å². The van der Waals surface area contributed by atoms with E-state index in [9.17, 15) is 9.59 Å². The standard InChI is InChI=1S/C20H31N3O3/c1-20(2,3)17-15(12-16(26-17)18(21)24)13-22-8-5-9-23(11-10-22)19(25)14-6-4-7-14/h12,14H,4-11,13H2,1-3H3,(H2,21,24). The smallest absolute Gasteiger partial charge is 0.284 e. The molecule has 1 aromatic rings. The number of carbonyl (C=O) groups is 2. The monoisotopic (exact) mass is 361 g/mol. The molecule has 2 heterocycles. The van der Waals surface area contributed by atoms with Crippen LogP contribution in [-0.2, 0) is 16.8 Å². The second-order valence-electron chi connectivity index (χ2n) is 8.66. The molecule has 0 radical (unpaired) electrons. The van der Waals surface area contributed by atoms with Gasteiger partial charge in [-0.15, -0.1) is 0 Å². The average molecular weight is 361 g/mol. The van der Waals surface area contributed by atoms with Gasteiger partial charge in [-0.1, -0.05) is 27.2 Å². The fourth-order valence-corrected chi connectivity index (χ4v) is 3.81. The molecule has 1 aliphatic heterocycles. The molecule has 1 aliphatic carbocycles. The molecular weight excluding hydrogens is 330 g/mol. The Kier molecular flexibility index (Phi) is 5.42. The number of carbonyl (C=O) groups excluding carboxylic acids is 2. The Labute approximate surface area is 155 Å². The van der Waals surface area contributed by atoms with E-state index >= 15 is 0 Å². The van der Waals surface area contributed by atoms with Crippen molar-refractivity contribution in [2.24, 2.45) is 11.7 Å².